The Balaban J connectivity index is 3.11. The maximum atomic E-state index is 3.86. The molecule has 0 atom stereocenters. The molecule has 0 unspecified atom stereocenters. The number of hydrogen-bond donors (Lipinski definition) is 0. The van der Waals surface area contributed by atoms with Gasteiger partial charge >= 0.3 is 0 Å². The van der Waals surface area contributed by atoms with E-state index in [4.69, 9.17) is 0 Å². The molecule has 0 rings (SSSR count). The summed E-state index contributed by atoms with van der Waals surface area (Å²) in [6, 6.07) is 0. The Morgan fingerprint density at radius 2 is 1.24 bits per heavy atom. The smallest absolute Gasteiger partial charge is 0.0348 e. The Hall–Kier alpha value is -0.520. The number of rotatable bonds is 12. The van der Waals surface area contributed by atoms with E-state index in [9.17, 15) is 0 Å². The zero-order chi connectivity index (χ0) is 12.6. The predicted molar refractivity (Wildman–Crippen MR) is 80.1 cm³/mol. The summed E-state index contributed by atoms with van der Waals surface area (Å²) in [4.78, 5) is 0. The van der Waals surface area contributed by atoms with Crippen LogP contribution in [0.5, 0.6) is 0 Å². The molecule has 0 aliphatic rings. The molecule has 99 valence electrons. The van der Waals surface area contributed by atoms with Crippen molar-refractivity contribution in [3.63, 3.8) is 0 Å². The molecule has 0 fully saturated rings. The van der Waals surface area contributed by atoms with Crippen molar-refractivity contribution in [2.24, 2.45) is 0 Å². The first-order valence-electron chi connectivity index (χ1n) is 7.52. The van der Waals surface area contributed by atoms with Gasteiger partial charge in [-0.05, 0) is 19.3 Å². The third kappa shape index (κ3) is 15.5. The highest BCUT2D eigenvalue weighted by atomic mass is 13.9. The van der Waals surface area contributed by atoms with Crippen LogP contribution in [0.15, 0.2) is 24.3 Å². The van der Waals surface area contributed by atoms with Crippen LogP contribution in [0.4, 0.5) is 0 Å². The van der Waals surface area contributed by atoms with Gasteiger partial charge in [0.25, 0.3) is 0 Å². The minimum Gasteiger partial charge on any atom is -0.0845 e. The molecule has 0 heterocycles. The molecule has 0 spiro atoms. The Bertz CT molecular complexity index is 176. The van der Waals surface area contributed by atoms with E-state index in [1.54, 1.807) is 0 Å². The van der Waals surface area contributed by atoms with Gasteiger partial charge in [0.1, 0.15) is 0 Å². The van der Waals surface area contributed by atoms with Crippen molar-refractivity contribution in [3.05, 3.63) is 31.2 Å². The molecule has 1 radical (unpaired) electrons. The Morgan fingerprint density at radius 1 is 0.706 bits per heavy atom. The molecule has 0 heteroatoms. The molecule has 0 nitrogen and oxygen atoms in total. The van der Waals surface area contributed by atoms with Gasteiger partial charge in [-0.15, -0.1) is 0 Å². The van der Waals surface area contributed by atoms with Gasteiger partial charge in [-0.1, -0.05) is 89.5 Å². The number of hydrogen-bond acceptors (Lipinski definition) is 0. The minimum absolute atomic E-state index is 1.10. The van der Waals surface area contributed by atoms with Gasteiger partial charge in [0.2, 0.25) is 0 Å². The Morgan fingerprint density at radius 3 is 1.82 bits per heavy atom. The summed E-state index contributed by atoms with van der Waals surface area (Å²) in [5, 5.41) is 0. The van der Waals surface area contributed by atoms with Crippen molar-refractivity contribution < 1.29 is 0 Å². The molecular weight excluding hydrogens is 204 g/mol. The van der Waals surface area contributed by atoms with Crippen LogP contribution in [-0.2, 0) is 0 Å². The molecule has 0 aromatic heterocycles. The van der Waals surface area contributed by atoms with Gasteiger partial charge in [0.15, 0.2) is 0 Å². The average Bonchev–Trinajstić information content (AvgIpc) is 2.35. The van der Waals surface area contributed by atoms with Crippen molar-refractivity contribution >= 4 is 0 Å². The van der Waals surface area contributed by atoms with E-state index in [0.717, 1.165) is 6.42 Å². The first-order chi connectivity index (χ1) is 8.41. The van der Waals surface area contributed by atoms with Crippen LogP contribution in [0, 0.1) is 6.92 Å². The molecule has 0 aliphatic carbocycles. The fraction of sp³-hybridized carbons (Fsp3) is 0.706. The summed E-state index contributed by atoms with van der Waals surface area (Å²) in [6.07, 6.45) is 23.4. The first kappa shape index (κ1) is 16.5. The molecule has 0 aromatic carbocycles. The van der Waals surface area contributed by atoms with Crippen LogP contribution in [0.1, 0.15) is 77.6 Å². The maximum Gasteiger partial charge on any atom is -0.0348 e. The monoisotopic (exact) mass is 235 g/mol. The quantitative estimate of drug-likeness (QED) is 0.277. The van der Waals surface area contributed by atoms with Crippen LogP contribution in [-0.4, -0.2) is 0 Å². The molecule has 0 aliphatic heterocycles. The molecule has 0 amide bonds. The molecule has 0 N–H and O–H groups in total. The number of unbranched alkanes of at least 4 members (excludes halogenated alkanes) is 9. The third-order valence-electron chi connectivity index (χ3n) is 2.98. The average molecular weight is 235 g/mol. The van der Waals surface area contributed by atoms with Gasteiger partial charge in [-0.3, -0.25) is 0 Å². The zero-order valence-electron chi connectivity index (χ0n) is 11.8. The lowest BCUT2D eigenvalue weighted by molar-refractivity contribution is 0.599. The lowest BCUT2D eigenvalue weighted by atomic mass is 10.1. The lowest BCUT2D eigenvalue weighted by Gasteiger charge is -1.98. The molecule has 0 aromatic rings. The van der Waals surface area contributed by atoms with Crippen molar-refractivity contribution in [3.8, 4) is 0 Å². The molecule has 17 heavy (non-hydrogen) atoms. The summed E-state index contributed by atoms with van der Waals surface area (Å²) < 4.78 is 0. The highest BCUT2D eigenvalue weighted by Crippen LogP contribution is 2.08. The summed E-state index contributed by atoms with van der Waals surface area (Å²) in [6.45, 7) is 6.10. The second-order valence-electron chi connectivity index (χ2n) is 4.76. The predicted octanol–water partition coefficient (Wildman–Crippen LogP) is 6.24. The molecule has 0 saturated carbocycles. The van der Waals surface area contributed by atoms with Crippen LogP contribution in [0.25, 0.3) is 0 Å². The molecule has 0 saturated heterocycles. The SMILES string of the molecule is [CH2]CCCCCCCCC=CC=CCCCC. The highest BCUT2D eigenvalue weighted by Gasteiger charge is 1.88. The van der Waals surface area contributed by atoms with E-state index in [2.05, 4.69) is 38.2 Å². The molecule has 0 bridgehead atoms. The van der Waals surface area contributed by atoms with Crippen molar-refractivity contribution in [1.29, 1.82) is 0 Å². The number of allylic oxidation sites excluding steroid dienone is 4. The maximum absolute atomic E-state index is 3.86. The fourth-order valence-corrected chi connectivity index (χ4v) is 1.82. The van der Waals surface area contributed by atoms with Crippen molar-refractivity contribution in [2.45, 2.75) is 77.6 Å². The topological polar surface area (TPSA) is 0 Å². The van der Waals surface area contributed by atoms with E-state index >= 15 is 0 Å². The molecular formula is C17H31. The van der Waals surface area contributed by atoms with Gasteiger partial charge in [0, 0.05) is 0 Å². The third-order valence-corrected chi connectivity index (χ3v) is 2.98. The second kappa shape index (κ2) is 15.5. The lowest BCUT2D eigenvalue weighted by Crippen LogP contribution is -1.78. The Kier molecular flexibility index (Phi) is 15.0. The largest absolute Gasteiger partial charge is 0.0845 e. The van der Waals surface area contributed by atoms with E-state index in [1.165, 1.54) is 64.2 Å². The van der Waals surface area contributed by atoms with Crippen LogP contribution in [0.3, 0.4) is 0 Å². The van der Waals surface area contributed by atoms with Crippen molar-refractivity contribution in [1.82, 2.24) is 0 Å². The van der Waals surface area contributed by atoms with Gasteiger partial charge in [-0.25, -0.2) is 0 Å². The standard InChI is InChI=1S/C17H31/c1-3-5-7-9-11-13-15-17-16-14-12-10-8-6-4-2/h10,12,14,16H,1,3-9,11,13,15,17H2,2H3. The van der Waals surface area contributed by atoms with E-state index in [0.29, 0.717) is 0 Å². The van der Waals surface area contributed by atoms with Gasteiger partial charge in [0.05, 0.1) is 0 Å². The normalized spacial score (nSPS) is 11.9. The van der Waals surface area contributed by atoms with E-state index in [-0.39, 0.29) is 0 Å². The van der Waals surface area contributed by atoms with Crippen LogP contribution in [0.2, 0.25) is 0 Å². The van der Waals surface area contributed by atoms with Crippen LogP contribution < -0.4 is 0 Å². The van der Waals surface area contributed by atoms with Crippen molar-refractivity contribution in [2.75, 3.05) is 0 Å². The van der Waals surface area contributed by atoms with Gasteiger partial charge < -0.3 is 0 Å². The van der Waals surface area contributed by atoms with Gasteiger partial charge in [-0.2, -0.15) is 0 Å². The highest BCUT2D eigenvalue weighted by molar-refractivity contribution is 5.02. The van der Waals surface area contributed by atoms with Crippen LogP contribution >= 0.6 is 0 Å². The van der Waals surface area contributed by atoms with E-state index in [1.807, 2.05) is 0 Å². The first-order valence-corrected chi connectivity index (χ1v) is 7.52. The fourth-order valence-electron chi connectivity index (χ4n) is 1.82. The summed E-state index contributed by atoms with van der Waals surface area (Å²) in [5.74, 6) is 0. The second-order valence-corrected chi connectivity index (χ2v) is 4.76. The zero-order valence-corrected chi connectivity index (χ0v) is 11.8. The van der Waals surface area contributed by atoms with E-state index < -0.39 is 0 Å². The summed E-state index contributed by atoms with van der Waals surface area (Å²) in [5.41, 5.74) is 0. The summed E-state index contributed by atoms with van der Waals surface area (Å²) in [7, 11) is 0. The minimum atomic E-state index is 1.10. The summed E-state index contributed by atoms with van der Waals surface area (Å²) >= 11 is 0. The Labute approximate surface area is 109 Å².